The van der Waals surface area contributed by atoms with Gasteiger partial charge in [-0.05, 0) is 6.07 Å². The lowest BCUT2D eigenvalue weighted by Crippen LogP contribution is -2.23. The van der Waals surface area contributed by atoms with Gasteiger partial charge in [0, 0.05) is 36.5 Å². The van der Waals surface area contributed by atoms with Crippen molar-refractivity contribution >= 4 is 32.3 Å². The maximum Gasteiger partial charge on any atom is 0.270 e. The fourth-order valence-electron chi connectivity index (χ4n) is 2.51. The molecule has 0 spiro atoms. The summed E-state index contributed by atoms with van der Waals surface area (Å²) in [5.74, 6) is 0.773. The number of rotatable bonds is 4. The van der Waals surface area contributed by atoms with Crippen molar-refractivity contribution in [2.24, 2.45) is 4.99 Å². The Morgan fingerprint density at radius 3 is 2.82 bits per heavy atom. The number of hydrogen-bond acceptors (Lipinski definition) is 6. The van der Waals surface area contributed by atoms with Crippen LogP contribution in [0, 0.1) is 10.1 Å². The molecule has 2 aromatic rings. The van der Waals surface area contributed by atoms with Gasteiger partial charge in [-0.25, -0.2) is 8.42 Å². The maximum absolute atomic E-state index is 11.9. The molecule has 2 heterocycles. The van der Waals surface area contributed by atoms with Crippen molar-refractivity contribution in [2.75, 3.05) is 19.3 Å². The van der Waals surface area contributed by atoms with Crippen molar-refractivity contribution < 1.29 is 13.3 Å². The van der Waals surface area contributed by atoms with Crippen molar-refractivity contribution in [3.63, 3.8) is 0 Å². The molecule has 1 aliphatic rings. The van der Waals surface area contributed by atoms with Gasteiger partial charge in [-0.3, -0.25) is 15.1 Å². The molecule has 0 bridgehead atoms. The zero-order valence-corrected chi connectivity index (χ0v) is 12.6. The minimum atomic E-state index is -3.49. The highest BCUT2D eigenvalue weighted by atomic mass is 32.2. The number of amidine groups is 1. The van der Waals surface area contributed by atoms with Crippen LogP contribution in [0.1, 0.15) is 0 Å². The standard InChI is InChI=1S/C13H14N4O4S/c1-22(20,21)12-7-16(8-13-14-4-5-15-13)11-3-2-9(17(18)19)6-10(11)12/h2-3,6-7H,4-5,8H2,1H3,(H,14,15). The zero-order chi connectivity index (χ0) is 15.9. The Morgan fingerprint density at radius 1 is 1.45 bits per heavy atom. The molecule has 3 rings (SSSR count). The first-order valence-electron chi connectivity index (χ1n) is 6.61. The molecule has 0 radical (unpaired) electrons. The number of nitrogens with zero attached hydrogens (tertiary/aromatic N) is 3. The molecule has 0 unspecified atom stereocenters. The Bertz CT molecular complexity index is 898. The second-order valence-electron chi connectivity index (χ2n) is 5.11. The highest BCUT2D eigenvalue weighted by Gasteiger charge is 2.20. The number of aromatic nitrogens is 1. The van der Waals surface area contributed by atoms with Crippen LogP contribution in [0.2, 0.25) is 0 Å². The molecule has 0 atom stereocenters. The molecule has 22 heavy (non-hydrogen) atoms. The summed E-state index contributed by atoms with van der Waals surface area (Å²) in [6, 6.07) is 4.23. The predicted molar refractivity (Wildman–Crippen MR) is 82.0 cm³/mol. The van der Waals surface area contributed by atoms with E-state index in [0.29, 0.717) is 24.0 Å². The van der Waals surface area contributed by atoms with E-state index in [1.54, 1.807) is 10.6 Å². The van der Waals surface area contributed by atoms with E-state index >= 15 is 0 Å². The summed E-state index contributed by atoms with van der Waals surface area (Å²) in [6.07, 6.45) is 2.60. The number of benzene rings is 1. The number of nitrogens with one attached hydrogen (secondary N) is 1. The smallest absolute Gasteiger partial charge is 0.270 e. The third-order valence-electron chi connectivity index (χ3n) is 3.50. The first kappa shape index (κ1) is 14.5. The highest BCUT2D eigenvalue weighted by molar-refractivity contribution is 7.91. The molecule has 0 saturated carbocycles. The van der Waals surface area contributed by atoms with Crippen molar-refractivity contribution in [1.82, 2.24) is 9.88 Å². The van der Waals surface area contributed by atoms with E-state index in [9.17, 15) is 18.5 Å². The summed E-state index contributed by atoms with van der Waals surface area (Å²) >= 11 is 0. The van der Waals surface area contributed by atoms with E-state index in [-0.39, 0.29) is 10.6 Å². The second-order valence-corrected chi connectivity index (χ2v) is 7.09. The molecule has 1 aromatic carbocycles. The molecule has 0 amide bonds. The first-order chi connectivity index (χ1) is 10.4. The molecule has 0 fully saturated rings. The predicted octanol–water partition coefficient (Wildman–Crippen LogP) is 0.955. The summed E-state index contributed by atoms with van der Waals surface area (Å²) in [6.45, 7) is 1.86. The molecule has 0 aliphatic carbocycles. The van der Waals surface area contributed by atoms with Gasteiger partial charge in [-0.1, -0.05) is 0 Å². The Kier molecular flexibility index (Phi) is 3.36. The van der Waals surface area contributed by atoms with Gasteiger partial charge >= 0.3 is 0 Å². The second kappa shape index (κ2) is 5.09. The van der Waals surface area contributed by atoms with Gasteiger partial charge < -0.3 is 9.88 Å². The Labute approximate surface area is 126 Å². The lowest BCUT2D eigenvalue weighted by Gasteiger charge is -2.05. The van der Waals surface area contributed by atoms with Crippen LogP contribution in [-0.4, -0.2) is 43.1 Å². The Morgan fingerprint density at radius 2 is 2.23 bits per heavy atom. The third kappa shape index (κ3) is 2.54. The zero-order valence-electron chi connectivity index (χ0n) is 11.8. The minimum Gasteiger partial charge on any atom is -0.370 e. The van der Waals surface area contributed by atoms with E-state index in [1.807, 2.05) is 0 Å². The molecule has 1 aliphatic heterocycles. The van der Waals surface area contributed by atoms with Crippen LogP contribution in [0.25, 0.3) is 10.9 Å². The van der Waals surface area contributed by atoms with Crippen LogP contribution in [0.15, 0.2) is 34.3 Å². The number of hydrogen-bond donors (Lipinski definition) is 1. The number of fused-ring (bicyclic) bond motifs is 1. The number of nitro benzene ring substituents is 1. The lowest BCUT2D eigenvalue weighted by atomic mass is 10.2. The number of aliphatic imine (C=N–C) groups is 1. The Balaban J connectivity index is 2.19. The Hall–Kier alpha value is -2.42. The van der Waals surface area contributed by atoms with E-state index < -0.39 is 14.8 Å². The fourth-order valence-corrected chi connectivity index (χ4v) is 3.39. The van der Waals surface area contributed by atoms with E-state index in [1.165, 1.54) is 18.3 Å². The molecule has 8 nitrogen and oxygen atoms in total. The molecule has 1 N–H and O–H groups in total. The van der Waals surface area contributed by atoms with Gasteiger partial charge in [-0.2, -0.15) is 0 Å². The molecule has 1 aromatic heterocycles. The van der Waals surface area contributed by atoms with Crippen molar-refractivity contribution in [1.29, 1.82) is 0 Å². The maximum atomic E-state index is 11.9. The molecule has 116 valence electrons. The fraction of sp³-hybridized carbons (Fsp3) is 0.308. The SMILES string of the molecule is CS(=O)(=O)c1cn(CC2=NCCN2)c2ccc([N+](=O)[O-])cc12. The van der Waals surface area contributed by atoms with Gasteiger partial charge in [0.05, 0.1) is 28.4 Å². The van der Waals surface area contributed by atoms with Gasteiger partial charge in [-0.15, -0.1) is 0 Å². The van der Waals surface area contributed by atoms with Gasteiger partial charge in [0.25, 0.3) is 5.69 Å². The van der Waals surface area contributed by atoms with Gasteiger partial charge in [0.15, 0.2) is 9.84 Å². The number of sulfone groups is 1. The van der Waals surface area contributed by atoms with Crippen LogP contribution in [0.3, 0.4) is 0 Å². The molecular formula is C13H14N4O4S. The van der Waals surface area contributed by atoms with Crippen LogP contribution in [0.4, 0.5) is 5.69 Å². The molecule has 0 saturated heterocycles. The van der Waals surface area contributed by atoms with Gasteiger partial charge in [0.2, 0.25) is 0 Å². The lowest BCUT2D eigenvalue weighted by molar-refractivity contribution is -0.384. The summed E-state index contributed by atoms with van der Waals surface area (Å²) in [4.78, 5) is 14.7. The summed E-state index contributed by atoms with van der Waals surface area (Å²) in [5.41, 5.74) is 0.494. The van der Waals surface area contributed by atoms with Gasteiger partial charge in [0.1, 0.15) is 5.84 Å². The summed E-state index contributed by atoms with van der Waals surface area (Å²) in [5, 5.41) is 14.4. The van der Waals surface area contributed by atoms with Crippen molar-refractivity contribution in [3.8, 4) is 0 Å². The highest BCUT2D eigenvalue weighted by Crippen LogP contribution is 2.29. The van der Waals surface area contributed by atoms with Crippen LogP contribution >= 0.6 is 0 Å². The number of non-ortho nitro benzene ring substituents is 1. The minimum absolute atomic E-state index is 0.0878. The summed E-state index contributed by atoms with van der Waals surface area (Å²) in [7, 11) is -3.49. The average Bonchev–Trinajstić information content (AvgIpc) is 3.06. The van der Waals surface area contributed by atoms with Crippen LogP contribution < -0.4 is 5.32 Å². The van der Waals surface area contributed by atoms with Crippen molar-refractivity contribution in [3.05, 3.63) is 34.5 Å². The number of nitro groups is 1. The normalized spacial score (nSPS) is 14.9. The van der Waals surface area contributed by atoms with Crippen LogP contribution in [0.5, 0.6) is 0 Å². The van der Waals surface area contributed by atoms with Crippen LogP contribution in [-0.2, 0) is 16.4 Å². The third-order valence-corrected chi connectivity index (χ3v) is 4.63. The van der Waals surface area contributed by atoms with E-state index in [2.05, 4.69) is 10.3 Å². The van der Waals surface area contributed by atoms with Crippen molar-refractivity contribution in [2.45, 2.75) is 11.4 Å². The summed E-state index contributed by atoms with van der Waals surface area (Å²) < 4.78 is 25.6. The largest absolute Gasteiger partial charge is 0.370 e. The molecule has 9 heteroatoms. The quantitative estimate of drug-likeness (QED) is 0.666. The van der Waals surface area contributed by atoms with E-state index in [4.69, 9.17) is 0 Å². The first-order valence-corrected chi connectivity index (χ1v) is 8.50. The van der Waals surface area contributed by atoms with E-state index in [0.717, 1.165) is 18.6 Å². The monoisotopic (exact) mass is 322 g/mol. The molecular weight excluding hydrogens is 308 g/mol. The topological polar surface area (TPSA) is 107 Å². The average molecular weight is 322 g/mol.